The van der Waals surface area contributed by atoms with Gasteiger partial charge in [0.1, 0.15) is 11.4 Å². The fourth-order valence-electron chi connectivity index (χ4n) is 2.83. The predicted octanol–water partition coefficient (Wildman–Crippen LogP) is 2.92. The molecule has 136 valence electrons. The molecule has 0 unspecified atom stereocenters. The summed E-state index contributed by atoms with van der Waals surface area (Å²) in [5, 5.41) is 0. The minimum absolute atomic E-state index is 0.0817. The van der Waals surface area contributed by atoms with E-state index in [4.69, 9.17) is 9.47 Å². The Morgan fingerprint density at radius 1 is 1.12 bits per heavy atom. The third-order valence-electron chi connectivity index (χ3n) is 4.10. The number of hydrogen-bond donors (Lipinski definition) is 0. The molecule has 1 aliphatic rings. The maximum absolute atomic E-state index is 12.4. The summed E-state index contributed by atoms with van der Waals surface area (Å²) in [6, 6.07) is 9.74. The molecule has 0 atom stereocenters. The Morgan fingerprint density at radius 3 is 2.35 bits per heavy atom. The van der Waals surface area contributed by atoms with Crippen LogP contribution in [0.4, 0.5) is 0 Å². The Bertz CT molecular complexity index is 1000. The van der Waals surface area contributed by atoms with Gasteiger partial charge in [-0.2, -0.15) is 0 Å². The number of benzene rings is 1. The quantitative estimate of drug-likeness (QED) is 0.767. The van der Waals surface area contributed by atoms with Crippen LogP contribution in [0.15, 0.2) is 53.2 Å². The van der Waals surface area contributed by atoms with Crippen molar-refractivity contribution in [2.75, 3.05) is 6.26 Å². The van der Waals surface area contributed by atoms with Crippen LogP contribution in [0.5, 0.6) is 5.75 Å². The summed E-state index contributed by atoms with van der Waals surface area (Å²) in [5.41, 5.74) is 0.953. The Balaban J connectivity index is 2.11. The topological polar surface area (TPSA) is 82.6 Å². The van der Waals surface area contributed by atoms with E-state index in [2.05, 4.69) is 4.98 Å². The first-order chi connectivity index (χ1) is 12.1. The van der Waals surface area contributed by atoms with Crippen molar-refractivity contribution in [1.82, 2.24) is 4.98 Å². The first-order valence-electron chi connectivity index (χ1n) is 7.97. The van der Waals surface area contributed by atoms with Crippen LogP contribution < -0.4 is 4.74 Å². The van der Waals surface area contributed by atoms with E-state index in [-0.39, 0.29) is 10.7 Å². The largest absolute Gasteiger partial charge is 0.449 e. The zero-order valence-electron chi connectivity index (χ0n) is 14.9. The summed E-state index contributed by atoms with van der Waals surface area (Å²) < 4.78 is 34.6. The van der Waals surface area contributed by atoms with Crippen molar-refractivity contribution >= 4 is 21.4 Å². The van der Waals surface area contributed by atoms with E-state index in [0.29, 0.717) is 22.6 Å². The number of carbonyl (C=O) groups is 1. The van der Waals surface area contributed by atoms with Crippen molar-refractivity contribution in [3.8, 4) is 5.75 Å². The van der Waals surface area contributed by atoms with Crippen LogP contribution in [0.2, 0.25) is 0 Å². The molecule has 3 rings (SSSR count). The van der Waals surface area contributed by atoms with E-state index in [0.717, 1.165) is 6.26 Å². The molecular formula is C19H19NO5S. The third-order valence-corrected chi connectivity index (χ3v) is 5.23. The lowest BCUT2D eigenvalue weighted by molar-refractivity contribution is -0.145. The van der Waals surface area contributed by atoms with Gasteiger partial charge in [-0.25, -0.2) is 13.2 Å². The van der Waals surface area contributed by atoms with Crippen molar-refractivity contribution in [2.24, 2.45) is 0 Å². The molecule has 1 aliphatic heterocycles. The van der Waals surface area contributed by atoms with Crippen molar-refractivity contribution in [3.05, 3.63) is 59.6 Å². The molecule has 0 fully saturated rings. The maximum Gasteiger partial charge on any atom is 0.375 e. The summed E-state index contributed by atoms with van der Waals surface area (Å²) in [7, 11) is -3.30. The standard InChI is InChI=1S/C19H19NO5S/c1-12-15(6-5-11-20-12)24-17-16(19(2,3)25-18(17)21)13-7-9-14(10-8-13)26(4,22)23/h5-11H,1-4H3. The van der Waals surface area contributed by atoms with Gasteiger partial charge in [-0.05, 0) is 50.6 Å². The first-order valence-corrected chi connectivity index (χ1v) is 9.87. The molecule has 0 saturated heterocycles. The summed E-state index contributed by atoms with van der Waals surface area (Å²) >= 11 is 0. The van der Waals surface area contributed by atoms with Gasteiger partial charge in [0.15, 0.2) is 9.84 Å². The van der Waals surface area contributed by atoms with Gasteiger partial charge in [0.2, 0.25) is 5.76 Å². The van der Waals surface area contributed by atoms with Crippen LogP contribution in [0.1, 0.15) is 25.1 Å². The Kier molecular flexibility index (Phi) is 4.36. The monoisotopic (exact) mass is 373 g/mol. The number of cyclic esters (lactones) is 1. The first kappa shape index (κ1) is 18.1. The van der Waals surface area contributed by atoms with E-state index in [1.807, 2.05) is 0 Å². The predicted molar refractivity (Wildman–Crippen MR) is 96.2 cm³/mol. The molecule has 0 amide bonds. The van der Waals surface area contributed by atoms with Crippen LogP contribution in [0.3, 0.4) is 0 Å². The fraction of sp³-hybridized carbons (Fsp3) is 0.263. The number of aryl methyl sites for hydroxylation is 1. The molecule has 0 bridgehead atoms. The molecule has 0 N–H and O–H groups in total. The van der Waals surface area contributed by atoms with Gasteiger partial charge in [0.25, 0.3) is 0 Å². The summed E-state index contributed by atoms with van der Waals surface area (Å²) in [4.78, 5) is 16.8. The van der Waals surface area contributed by atoms with Gasteiger partial charge in [-0.3, -0.25) is 4.98 Å². The summed E-state index contributed by atoms with van der Waals surface area (Å²) in [5.74, 6) is -0.0268. The fourth-order valence-corrected chi connectivity index (χ4v) is 3.46. The number of pyridine rings is 1. The van der Waals surface area contributed by atoms with Gasteiger partial charge >= 0.3 is 5.97 Å². The molecule has 2 aromatic rings. The lowest BCUT2D eigenvalue weighted by Gasteiger charge is -2.21. The molecule has 0 radical (unpaired) electrons. The third kappa shape index (κ3) is 3.35. The zero-order chi connectivity index (χ0) is 19.1. The normalized spacial score (nSPS) is 16.5. The average molecular weight is 373 g/mol. The molecule has 6 nitrogen and oxygen atoms in total. The molecule has 1 aromatic heterocycles. The van der Waals surface area contributed by atoms with E-state index in [1.165, 1.54) is 12.1 Å². The van der Waals surface area contributed by atoms with Crippen molar-refractivity contribution in [2.45, 2.75) is 31.3 Å². The highest BCUT2D eigenvalue weighted by molar-refractivity contribution is 7.90. The summed E-state index contributed by atoms with van der Waals surface area (Å²) in [6.07, 6.45) is 2.78. The van der Waals surface area contributed by atoms with Gasteiger partial charge in [0, 0.05) is 12.5 Å². The van der Waals surface area contributed by atoms with Crippen LogP contribution in [-0.4, -0.2) is 31.2 Å². The van der Waals surface area contributed by atoms with Crippen molar-refractivity contribution < 1.29 is 22.7 Å². The van der Waals surface area contributed by atoms with Crippen LogP contribution in [0, 0.1) is 6.92 Å². The molecule has 0 saturated carbocycles. The SMILES string of the molecule is Cc1ncccc1OC1=C(c2ccc(S(C)(=O)=O)cc2)C(C)(C)OC1=O. The number of sulfone groups is 1. The number of carbonyl (C=O) groups excluding carboxylic acids is 1. The van der Waals surface area contributed by atoms with Gasteiger partial charge < -0.3 is 9.47 Å². The van der Waals surface area contributed by atoms with E-state index >= 15 is 0 Å². The zero-order valence-corrected chi connectivity index (χ0v) is 15.8. The van der Waals surface area contributed by atoms with E-state index in [9.17, 15) is 13.2 Å². The van der Waals surface area contributed by atoms with Crippen LogP contribution in [-0.2, 0) is 19.4 Å². The number of nitrogens with zero attached hydrogens (tertiary/aromatic N) is 1. The second-order valence-electron chi connectivity index (χ2n) is 6.59. The smallest absolute Gasteiger partial charge is 0.375 e. The van der Waals surface area contributed by atoms with Crippen molar-refractivity contribution in [3.63, 3.8) is 0 Å². The average Bonchev–Trinajstić information content (AvgIpc) is 2.77. The minimum atomic E-state index is -3.30. The minimum Gasteiger partial charge on any atom is -0.449 e. The highest BCUT2D eigenvalue weighted by atomic mass is 32.2. The van der Waals surface area contributed by atoms with E-state index < -0.39 is 21.4 Å². The molecule has 26 heavy (non-hydrogen) atoms. The highest BCUT2D eigenvalue weighted by Gasteiger charge is 2.43. The Morgan fingerprint density at radius 2 is 1.77 bits per heavy atom. The number of aromatic nitrogens is 1. The van der Waals surface area contributed by atoms with Gasteiger partial charge in [0.05, 0.1) is 16.2 Å². The van der Waals surface area contributed by atoms with Gasteiger partial charge in [-0.15, -0.1) is 0 Å². The molecule has 1 aromatic carbocycles. The van der Waals surface area contributed by atoms with Crippen molar-refractivity contribution in [1.29, 1.82) is 0 Å². The second-order valence-corrected chi connectivity index (χ2v) is 8.61. The van der Waals surface area contributed by atoms with Gasteiger partial charge in [-0.1, -0.05) is 12.1 Å². The maximum atomic E-state index is 12.4. The molecule has 0 aliphatic carbocycles. The number of rotatable bonds is 4. The van der Waals surface area contributed by atoms with Crippen LogP contribution >= 0.6 is 0 Å². The van der Waals surface area contributed by atoms with Crippen LogP contribution in [0.25, 0.3) is 5.57 Å². The lowest BCUT2D eigenvalue weighted by atomic mass is 9.92. The molecule has 7 heteroatoms. The van der Waals surface area contributed by atoms with E-state index in [1.54, 1.807) is 51.2 Å². The highest BCUT2D eigenvalue weighted by Crippen LogP contribution is 2.40. The molecule has 0 spiro atoms. The Hall–Kier alpha value is -2.67. The number of esters is 1. The lowest BCUT2D eigenvalue weighted by Crippen LogP contribution is -2.22. The molecule has 2 heterocycles. The second kappa shape index (κ2) is 6.25. The number of ether oxygens (including phenoxy) is 2. The Labute approximate surface area is 152 Å². The number of hydrogen-bond acceptors (Lipinski definition) is 6. The summed E-state index contributed by atoms with van der Waals surface area (Å²) in [6.45, 7) is 5.30. The molecular weight excluding hydrogens is 354 g/mol.